The molecule has 0 radical (unpaired) electrons. The van der Waals surface area contributed by atoms with Gasteiger partial charge >= 0.3 is 0 Å². The van der Waals surface area contributed by atoms with E-state index in [1.165, 1.54) is 12.1 Å². The Kier molecular flexibility index (Phi) is 4.59. The first-order valence-electron chi connectivity index (χ1n) is 8.40. The highest BCUT2D eigenvalue weighted by atomic mass is 16.6. The predicted molar refractivity (Wildman–Crippen MR) is 104 cm³/mol. The average Bonchev–Trinajstić information content (AvgIpc) is 3.24. The third-order valence-electron chi connectivity index (χ3n) is 3.98. The fourth-order valence-corrected chi connectivity index (χ4v) is 2.53. The molecule has 7 heteroatoms. The molecule has 0 N–H and O–H groups in total. The maximum atomic E-state index is 10.7. The highest BCUT2D eigenvalue weighted by Crippen LogP contribution is 2.15. The number of nitro groups is 1. The van der Waals surface area contributed by atoms with Crippen molar-refractivity contribution in [3.05, 3.63) is 100 Å². The van der Waals surface area contributed by atoms with Gasteiger partial charge in [-0.25, -0.2) is 4.68 Å². The van der Waals surface area contributed by atoms with Crippen LogP contribution in [0.4, 0.5) is 5.69 Å². The summed E-state index contributed by atoms with van der Waals surface area (Å²) in [5.74, 6) is 6.04. The van der Waals surface area contributed by atoms with Crippen molar-refractivity contribution < 1.29 is 4.92 Å². The second kappa shape index (κ2) is 7.51. The van der Waals surface area contributed by atoms with E-state index in [4.69, 9.17) is 0 Å². The average molecular weight is 367 g/mol. The van der Waals surface area contributed by atoms with E-state index in [-0.39, 0.29) is 5.69 Å². The molecule has 4 aromatic rings. The maximum absolute atomic E-state index is 10.7. The van der Waals surface area contributed by atoms with Crippen molar-refractivity contribution in [2.24, 2.45) is 0 Å². The van der Waals surface area contributed by atoms with E-state index in [9.17, 15) is 10.1 Å². The molecule has 0 fully saturated rings. The molecule has 0 aliphatic carbocycles. The first-order chi connectivity index (χ1) is 13.7. The van der Waals surface area contributed by atoms with Crippen molar-refractivity contribution in [1.29, 1.82) is 0 Å². The number of nitro benzene ring substituents is 1. The standard InChI is InChI=1S/C21H13N5O2/c27-26(28)19-12-8-17(9-13-19)5-4-16-6-10-18(11-7-16)25-15-21(23-24-25)20-3-1-2-14-22-20/h1-3,6-15H. The molecular weight excluding hydrogens is 354 g/mol. The highest BCUT2D eigenvalue weighted by Gasteiger charge is 2.06. The van der Waals surface area contributed by atoms with E-state index in [2.05, 4.69) is 27.1 Å². The number of nitrogens with zero attached hydrogens (tertiary/aromatic N) is 5. The highest BCUT2D eigenvalue weighted by molar-refractivity contribution is 5.53. The first kappa shape index (κ1) is 17.1. The minimum Gasteiger partial charge on any atom is -0.258 e. The Labute approximate surface area is 160 Å². The zero-order valence-electron chi connectivity index (χ0n) is 14.6. The lowest BCUT2D eigenvalue weighted by Gasteiger charge is -1.99. The first-order valence-corrected chi connectivity index (χ1v) is 8.40. The van der Waals surface area contributed by atoms with Crippen LogP contribution in [0.2, 0.25) is 0 Å². The van der Waals surface area contributed by atoms with Crippen molar-refractivity contribution in [2.45, 2.75) is 0 Å². The number of non-ortho nitro benzene ring substituents is 1. The zero-order valence-corrected chi connectivity index (χ0v) is 14.6. The Hall–Kier alpha value is -4.31. The summed E-state index contributed by atoms with van der Waals surface area (Å²) < 4.78 is 1.68. The molecule has 2 aromatic heterocycles. The summed E-state index contributed by atoms with van der Waals surface area (Å²) in [4.78, 5) is 14.5. The van der Waals surface area contributed by atoms with E-state index in [1.54, 1.807) is 23.0 Å². The quantitative estimate of drug-likeness (QED) is 0.313. The van der Waals surface area contributed by atoms with Gasteiger partial charge in [0.25, 0.3) is 5.69 Å². The summed E-state index contributed by atoms with van der Waals surface area (Å²) in [5.41, 5.74) is 3.91. The molecule has 2 aromatic carbocycles. The minimum absolute atomic E-state index is 0.0489. The lowest BCUT2D eigenvalue weighted by molar-refractivity contribution is -0.384. The third kappa shape index (κ3) is 3.76. The zero-order chi connectivity index (χ0) is 19.3. The van der Waals surface area contributed by atoms with Gasteiger partial charge in [0.05, 0.1) is 22.5 Å². The number of hydrogen-bond acceptors (Lipinski definition) is 5. The second-order valence-corrected chi connectivity index (χ2v) is 5.86. The Morgan fingerprint density at radius 2 is 1.54 bits per heavy atom. The van der Waals surface area contributed by atoms with Crippen LogP contribution < -0.4 is 0 Å². The fourth-order valence-electron chi connectivity index (χ4n) is 2.53. The molecule has 0 bridgehead atoms. The van der Waals surface area contributed by atoms with Gasteiger partial charge in [0.15, 0.2) is 0 Å². The van der Waals surface area contributed by atoms with Gasteiger partial charge in [-0.15, -0.1) is 5.10 Å². The van der Waals surface area contributed by atoms with Gasteiger partial charge in [-0.2, -0.15) is 0 Å². The lowest BCUT2D eigenvalue weighted by atomic mass is 10.1. The molecule has 0 spiro atoms. The van der Waals surface area contributed by atoms with Crippen LogP contribution in [0.5, 0.6) is 0 Å². The van der Waals surface area contributed by atoms with E-state index in [0.29, 0.717) is 11.3 Å². The van der Waals surface area contributed by atoms with Crippen LogP contribution in [0.25, 0.3) is 17.1 Å². The fraction of sp³-hybridized carbons (Fsp3) is 0. The molecular formula is C21H13N5O2. The molecule has 0 unspecified atom stereocenters. The van der Waals surface area contributed by atoms with Gasteiger partial charge in [0, 0.05) is 29.5 Å². The van der Waals surface area contributed by atoms with Gasteiger partial charge in [-0.3, -0.25) is 15.1 Å². The molecule has 7 nitrogen and oxygen atoms in total. The van der Waals surface area contributed by atoms with Crippen LogP contribution >= 0.6 is 0 Å². The van der Waals surface area contributed by atoms with Crippen LogP contribution in [0.1, 0.15) is 11.1 Å². The Morgan fingerprint density at radius 1 is 0.857 bits per heavy atom. The van der Waals surface area contributed by atoms with Gasteiger partial charge in [-0.05, 0) is 48.5 Å². The van der Waals surface area contributed by atoms with E-state index in [1.807, 2.05) is 48.7 Å². The molecule has 4 rings (SSSR count). The monoisotopic (exact) mass is 367 g/mol. The van der Waals surface area contributed by atoms with Crippen LogP contribution in [0, 0.1) is 22.0 Å². The van der Waals surface area contributed by atoms with Crippen LogP contribution in [0.3, 0.4) is 0 Å². The summed E-state index contributed by atoms with van der Waals surface area (Å²) in [6.07, 6.45) is 3.53. The Balaban J connectivity index is 1.50. The second-order valence-electron chi connectivity index (χ2n) is 5.86. The number of benzene rings is 2. The molecule has 0 atom stereocenters. The van der Waals surface area contributed by atoms with E-state index in [0.717, 1.165) is 16.9 Å². The number of pyridine rings is 1. The molecule has 0 aliphatic heterocycles. The smallest absolute Gasteiger partial charge is 0.258 e. The maximum Gasteiger partial charge on any atom is 0.269 e. The molecule has 0 saturated heterocycles. The molecule has 0 aliphatic rings. The predicted octanol–water partition coefficient (Wildman–Crippen LogP) is 3.64. The SMILES string of the molecule is O=[N+]([O-])c1ccc(C#Cc2ccc(-n3cc(-c4ccccn4)nn3)cc2)cc1. The Bertz CT molecular complexity index is 1170. The van der Waals surface area contributed by atoms with Gasteiger partial charge in [0.2, 0.25) is 0 Å². The van der Waals surface area contributed by atoms with Crippen molar-refractivity contribution in [1.82, 2.24) is 20.0 Å². The van der Waals surface area contributed by atoms with Crippen LogP contribution in [-0.4, -0.2) is 24.9 Å². The van der Waals surface area contributed by atoms with E-state index < -0.39 is 4.92 Å². The number of hydrogen-bond donors (Lipinski definition) is 0. The minimum atomic E-state index is -0.431. The summed E-state index contributed by atoms with van der Waals surface area (Å²) in [6.45, 7) is 0. The van der Waals surface area contributed by atoms with Crippen LogP contribution in [-0.2, 0) is 0 Å². The normalized spacial score (nSPS) is 10.1. The lowest BCUT2D eigenvalue weighted by Crippen LogP contribution is -1.94. The van der Waals surface area contributed by atoms with Gasteiger partial charge < -0.3 is 0 Å². The number of aromatic nitrogens is 4. The van der Waals surface area contributed by atoms with Crippen molar-refractivity contribution >= 4 is 5.69 Å². The molecule has 0 amide bonds. The van der Waals surface area contributed by atoms with Crippen molar-refractivity contribution in [3.8, 4) is 28.9 Å². The van der Waals surface area contributed by atoms with E-state index >= 15 is 0 Å². The largest absolute Gasteiger partial charge is 0.269 e. The number of rotatable bonds is 3. The summed E-state index contributed by atoms with van der Waals surface area (Å²) >= 11 is 0. The summed E-state index contributed by atoms with van der Waals surface area (Å²) in [7, 11) is 0. The summed E-state index contributed by atoms with van der Waals surface area (Å²) in [5, 5.41) is 19.0. The molecule has 28 heavy (non-hydrogen) atoms. The van der Waals surface area contributed by atoms with Gasteiger partial charge in [0.1, 0.15) is 5.69 Å². The third-order valence-corrected chi connectivity index (χ3v) is 3.98. The van der Waals surface area contributed by atoms with Crippen molar-refractivity contribution in [2.75, 3.05) is 0 Å². The molecule has 2 heterocycles. The molecule has 134 valence electrons. The summed E-state index contributed by atoms with van der Waals surface area (Å²) in [6, 6.07) is 19.4. The molecule has 0 saturated carbocycles. The Morgan fingerprint density at radius 3 is 2.14 bits per heavy atom. The van der Waals surface area contributed by atoms with Crippen LogP contribution in [0.15, 0.2) is 79.1 Å². The van der Waals surface area contributed by atoms with Gasteiger partial charge in [-0.1, -0.05) is 23.1 Å². The van der Waals surface area contributed by atoms with Crippen molar-refractivity contribution in [3.63, 3.8) is 0 Å². The topological polar surface area (TPSA) is 86.7 Å².